The number of ether oxygens (including phenoxy) is 2. The van der Waals surface area contributed by atoms with E-state index in [4.69, 9.17) is 9.47 Å². The number of hydrogen-bond acceptors (Lipinski definition) is 6. The summed E-state index contributed by atoms with van der Waals surface area (Å²) in [5.74, 6) is 1.34. The van der Waals surface area contributed by atoms with Crippen LogP contribution in [0.2, 0.25) is 0 Å². The summed E-state index contributed by atoms with van der Waals surface area (Å²) in [6.45, 7) is 5.62. The highest BCUT2D eigenvalue weighted by molar-refractivity contribution is 5.76. The van der Waals surface area contributed by atoms with Gasteiger partial charge >= 0.3 is 0 Å². The summed E-state index contributed by atoms with van der Waals surface area (Å²) < 4.78 is 10.5. The Morgan fingerprint density at radius 2 is 2.25 bits per heavy atom. The van der Waals surface area contributed by atoms with Crippen molar-refractivity contribution < 1.29 is 14.3 Å². The molecule has 1 fully saturated rings. The highest BCUT2D eigenvalue weighted by Gasteiger charge is 2.16. The minimum Gasteiger partial charge on any atom is -0.478 e. The molecule has 0 radical (unpaired) electrons. The Kier molecular flexibility index (Phi) is 5.55. The number of carbonyl (C=O) groups excluding carboxylic acids is 1. The number of nitrogens with zero attached hydrogens (tertiary/aromatic N) is 3. The molecule has 0 unspecified atom stereocenters. The Morgan fingerprint density at radius 3 is 3.00 bits per heavy atom. The van der Waals surface area contributed by atoms with Gasteiger partial charge in [-0.15, -0.1) is 0 Å². The van der Waals surface area contributed by atoms with E-state index in [0.717, 1.165) is 0 Å². The van der Waals surface area contributed by atoms with Gasteiger partial charge in [0.2, 0.25) is 11.8 Å². The zero-order valence-corrected chi connectivity index (χ0v) is 11.7. The SMILES string of the molecule is CCOc1cc(NCCC(=O)N2CCOCC2)ncn1. The number of anilines is 1. The zero-order chi connectivity index (χ0) is 14.2. The largest absolute Gasteiger partial charge is 0.478 e. The summed E-state index contributed by atoms with van der Waals surface area (Å²) in [5, 5.41) is 3.10. The topological polar surface area (TPSA) is 76.6 Å². The van der Waals surface area contributed by atoms with E-state index >= 15 is 0 Å². The molecule has 1 aromatic rings. The van der Waals surface area contributed by atoms with Crippen molar-refractivity contribution in [3.05, 3.63) is 12.4 Å². The van der Waals surface area contributed by atoms with Gasteiger partial charge in [-0.1, -0.05) is 0 Å². The average Bonchev–Trinajstić information content (AvgIpc) is 2.49. The minimum absolute atomic E-state index is 0.139. The zero-order valence-electron chi connectivity index (χ0n) is 11.7. The summed E-state index contributed by atoms with van der Waals surface area (Å²) in [7, 11) is 0. The second-order valence-electron chi connectivity index (χ2n) is 4.34. The van der Waals surface area contributed by atoms with Crippen LogP contribution in [-0.4, -0.2) is 60.2 Å². The van der Waals surface area contributed by atoms with Crippen LogP contribution in [-0.2, 0) is 9.53 Å². The molecule has 0 saturated carbocycles. The van der Waals surface area contributed by atoms with E-state index in [1.807, 2.05) is 11.8 Å². The van der Waals surface area contributed by atoms with Gasteiger partial charge in [-0.2, -0.15) is 0 Å². The van der Waals surface area contributed by atoms with Gasteiger partial charge in [0.1, 0.15) is 12.1 Å². The molecule has 1 aromatic heterocycles. The van der Waals surface area contributed by atoms with Crippen molar-refractivity contribution in [2.45, 2.75) is 13.3 Å². The first-order valence-electron chi connectivity index (χ1n) is 6.84. The van der Waals surface area contributed by atoms with Gasteiger partial charge in [-0.05, 0) is 6.92 Å². The molecule has 20 heavy (non-hydrogen) atoms. The van der Waals surface area contributed by atoms with E-state index in [0.29, 0.717) is 57.6 Å². The molecular formula is C13H20N4O3. The van der Waals surface area contributed by atoms with Crippen molar-refractivity contribution in [2.75, 3.05) is 44.8 Å². The molecule has 1 aliphatic heterocycles. The van der Waals surface area contributed by atoms with Crippen molar-refractivity contribution in [1.82, 2.24) is 14.9 Å². The molecule has 1 amide bonds. The molecule has 1 N–H and O–H groups in total. The van der Waals surface area contributed by atoms with Gasteiger partial charge in [-0.3, -0.25) is 4.79 Å². The summed E-state index contributed by atoms with van der Waals surface area (Å²) in [4.78, 5) is 21.8. The maximum atomic E-state index is 11.9. The van der Waals surface area contributed by atoms with Crippen LogP contribution >= 0.6 is 0 Å². The van der Waals surface area contributed by atoms with Crippen molar-refractivity contribution >= 4 is 11.7 Å². The molecule has 2 heterocycles. The van der Waals surface area contributed by atoms with Crippen LogP contribution in [0.5, 0.6) is 5.88 Å². The molecule has 1 saturated heterocycles. The van der Waals surface area contributed by atoms with E-state index in [2.05, 4.69) is 15.3 Å². The molecule has 0 atom stereocenters. The predicted molar refractivity (Wildman–Crippen MR) is 73.7 cm³/mol. The molecule has 0 aliphatic carbocycles. The maximum absolute atomic E-state index is 11.9. The number of morpholine rings is 1. The standard InChI is InChI=1S/C13H20N4O3/c1-2-20-12-9-11(15-10-16-12)14-4-3-13(18)17-5-7-19-8-6-17/h9-10H,2-8H2,1H3,(H,14,15,16). The van der Waals surface area contributed by atoms with Gasteiger partial charge in [-0.25, -0.2) is 9.97 Å². The lowest BCUT2D eigenvalue weighted by molar-refractivity contribution is -0.134. The molecule has 1 aliphatic rings. The van der Waals surface area contributed by atoms with E-state index in [-0.39, 0.29) is 5.91 Å². The van der Waals surface area contributed by atoms with Gasteiger partial charge in [0, 0.05) is 32.1 Å². The molecule has 0 bridgehead atoms. The third-order valence-corrected chi connectivity index (χ3v) is 2.94. The van der Waals surface area contributed by atoms with Gasteiger partial charge < -0.3 is 19.7 Å². The first-order valence-corrected chi connectivity index (χ1v) is 6.84. The van der Waals surface area contributed by atoms with Gasteiger partial charge in [0.25, 0.3) is 0 Å². The fraction of sp³-hybridized carbons (Fsp3) is 0.615. The molecule has 0 spiro atoms. The molecule has 7 heteroatoms. The van der Waals surface area contributed by atoms with Crippen LogP contribution < -0.4 is 10.1 Å². The Hall–Kier alpha value is -1.89. The number of carbonyl (C=O) groups is 1. The predicted octanol–water partition coefficient (Wildman–Crippen LogP) is 0.536. The van der Waals surface area contributed by atoms with E-state index in [1.54, 1.807) is 6.07 Å². The first kappa shape index (κ1) is 14.5. The smallest absolute Gasteiger partial charge is 0.224 e. The van der Waals surface area contributed by atoms with Crippen LogP contribution in [0, 0.1) is 0 Å². The molecule has 2 rings (SSSR count). The molecule has 0 aromatic carbocycles. The number of aromatic nitrogens is 2. The van der Waals surface area contributed by atoms with E-state index in [1.165, 1.54) is 6.33 Å². The normalized spacial score (nSPS) is 14.9. The number of amides is 1. The van der Waals surface area contributed by atoms with Gasteiger partial charge in [0.05, 0.1) is 19.8 Å². The van der Waals surface area contributed by atoms with Gasteiger partial charge in [0.15, 0.2) is 0 Å². The first-order chi connectivity index (χ1) is 9.79. The quantitative estimate of drug-likeness (QED) is 0.819. The summed E-state index contributed by atoms with van der Waals surface area (Å²) in [6.07, 6.45) is 1.88. The lowest BCUT2D eigenvalue weighted by atomic mass is 10.3. The fourth-order valence-corrected chi connectivity index (χ4v) is 1.93. The highest BCUT2D eigenvalue weighted by atomic mass is 16.5. The maximum Gasteiger partial charge on any atom is 0.224 e. The lowest BCUT2D eigenvalue weighted by Gasteiger charge is -2.26. The number of rotatable bonds is 6. The highest BCUT2D eigenvalue weighted by Crippen LogP contribution is 2.10. The third kappa shape index (κ3) is 4.34. The van der Waals surface area contributed by atoms with Crippen molar-refractivity contribution in [3.8, 4) is 5.88 Å². The summed E-state index contributed by atoms with van der Waals surface area (Å²) in [6, 6.07) is 1.72. The lowest BCUT2D eigenvalue weighted by Crippen LogP contribution is -2.41. The van der Waals surface area contributed by atoms with Crippen molar-refractivity contribution in [3.63, 3.8) is 0 Å². The summed E-state index contributed by atoms with van der Waals surface area (Å²) in [5.41, 5.74) is 0. The van der Waals surface area contributed by atoms with E-state index < -0.39 is 0 Å². The minimum atomic E-state index is 0.139. The van der Waals surface area contributed by atoms with Crippen LogP contribution in [0.25, 0.3) is 0 Å². The second-order valence-corrected chi connectivity index (χ2v) is 4.34. The Balaban J connectivity index is 1.74. The van der Waals surface area contributed by atoms with Crippen LogP contribution in [0.15, 0.2) is 12.4 Å². The average molecular weight is 280 g/mol. The molecular weight excluding hydrogens is 260 g/mol. The van der Waals surface area contributed by atoms with Crippen LogP contribution in [0.4, 0.5) is 5.82 Å². The Bertz CT molecular complexity index is 435. The fourth-order valence-electron chi connectivity index (χ4n) is 1.93. The molecule has 110 valence electrons. The third-order valence-electron chi connectivity index (χ3n) is 2.94. The summed E-state index contributed by atoms with van der Waals surface area (Å²) >= 11 is 0. The Labute approximate surface area is 118 Å². The number of hydrogen-bond donors (Lipinski definition) is 1. The van der Waals surface area contributed by atoms with Crippen LogP contribution in [0.1, 0.15) is 13.3 Å². The number of nitrogens with one attached hydrogen (secondary N) is 1. The van der Waals surface area contributed by atoms with Crippen LogP contribution in [0.3, 0.4) is 0 Å². The Morgan fingerprint density at radius 1 is 1.45 bits per heavy atom. The van der Waals surface area contributed by atoms with Crippen molar-refractivity contribution in [2.24, 2.45) is 0 Å². The second kappa shape index (κ2) is 7.64. The monoisotopic (exact) mass is 280 g/mol. The molecule has 7 nitrogen and oxygen atoms in total. The van der Waals surface area contributed by atoms with Crippen molar-refractivity contribution in [1.29, 1.82) is 0 Å². The van der Waals surface area contributed by atoms with E-state index in [9.17, 15) is 4.79 Å².